The third kappa shape index (κ3) is 2.53. The summed E-state index contributed by atoms with van der Waals surface area (Å²) in [5.41, 5.74) is -1.76. The number of hydrogen-bond donors (Lipinski definition) is 2. The van der Waals surface area contributed by atoms with E-state index in [1.807, 2.05) is 0 Å². The Kier molecular flexibility index (Phi) is 3.22. The third-order valence-electron chi connectivity index (χ3n) is 1.86. The molecule has 1 aromatic rings. The Morgan fingerprint density at radius 2 is 1.94 bits per heavy atom. The minimum Gasteiger partial charge on any atom is -0.515 e. The number of alkyl halides is 3. The molecule has 0 heterocycles. The summed E-state index contributed by atoms with van der Waals surface area (Å²) in [6.07, 6.45) is -4.28. The van der Waals surface area contributed by atoms with Crippen LogP contribution < -0.4 is 0 Å². The predicted molar refractivity (Wildman–Crippen MR) is 49.7 cm³/mol. The van der Waals surface area contributed by atoms with Gasteiger partial charge in [0.25, 0.3) is 0 Å². The number of aliphatic hydroxyl groups excluding tert-OH is 1. The van der Waals surface area contributed by atoms with Gasteiger partial charge in [0.15, 0.2) is 0 Å². The summed E-state index contributed by atoms with van der Waals surface area (Å²) in [5.74, 6) is -1.50. The van der Waals surface area contributed by atoms with Crippen molar-refractivity contribution in [1.29, 1.82) is 0 Å². The van der Waals surface area contributed by atoms with Crippen molar-refractivity contribution in [3.63, 3.8) is 0 Å². The molecule has 0 amide bonds. The Labute approximate surface area is 88.4 Å². The third-order valence-corrected chi connectivity index (χ3v) is 1.86. The van der Waals surface area contributed by atoms with E-state index in [-0.39, 0.29) is 11.8 Å². The van der Waals surface area contributed by atoms with Crippen molar-refractivity contribution in [1.82, 2.24) is 0 Å². The molecule has 0 saturated heterocycles. The van der Waals surface area contributed by atoms with E-state index in [1.165, 1.54) is 6.07 Å². The first kappa shape index (κ1) is 12.1. The molecule has 0 atom stereocenters. The molecular formula is C10H7F3O3. The molecule has 2 N–H and O–H groups in total. The van der Waals surface area contributed by atoms with Crippen molar-refractivity contribution >= 4 is 11.5 Å². The molecule has 0 spiro atoms. The first-order valence-electron chi connectivity index (χ1n) is 4.11. The molecule has 1 rings (SSSR count). The van der Waals surface area contributed by atoms with Gasteiger partial charge < -0.3 is 10.2 Å². The molecular weight excluding hydrogens is 225 g/mol. The van der Waals surface area contributed by atoms with E-state index < -0.39 is 23.3 Å². The van der Waals surface area contributed by atoms with E-state index in [1.54, 1.807) is 0 Å². The maximum absolute atomic E-state index is 12.3. The Hall–Kier alpha value is -1.98. The Bertz CT molecular complexity index is 435. The van der Waals surface area contributed by atoms with Crippen LogP contribution in [0.2, 0.25) is 0 Å². The number of aliphatic carboxylic acids is 1. The second-order valence-electron chi connectivity index (χ2n) is 2.93. The summed E-state index contributed by atoms with van der Waals surface area (Å²) >= 11 is 0. The zero-order chi connectivity index (χ0) is 12.3. The highest BCUT2D eigenvalue weighted by Gasteiger charge is 2.30. The second-order valence-corrected chi connectivity index (χ2v) is 2.93. The molecule has 0 unspecified atom stereocenters. The molecule has 0 bridgehead atoms. The molecule has 0 radical (unpaired) electrons. The van der Waals surface area contributed by atoms with Gasteiger partial charge in [-0.15, -0.1) is 0 Å². The van der Waals surface area contributed by atoms with Gasteiger partial charge in [0.1, 0.15) is 5.57 Å². The highest BCUT2D eigenvalue weighted by atomic mass is 19.4. The lowest BCUT2D eigenvalue weighted by atomic mass is 10.0. The zero-order valence-corrected chi connectivity index (χ0v) is 7.82. The van der Waals surface area contributed by atoms with Gasteiger partial charge in [-0.3, -0.25) is 0 Å². The number of rotatable bonds is 2. The molecule has 3 nitrogen and oxygen atoms in total. The van der Waals surface area contributed by atoms with Crippen molar-refractivity contribution in [2.45, 2.75) is 6.18 Å². The summed E-state index contributed by atoms with van der Waals surface area (Å²) in [6.45, 7) is 0. The Morgan fingerprint density at radius 1 is 1.31 bits per heavy atom. The van der Waals surface area contributed by atoms with Crippen molar-refractivity contribution in [2.75, 3.05) is 0 Å². The fourth-order valence-corrected chi connectivity index (χ4v) is 1.12. The first-order chi connectivity index (χ1) is 7.36. The average molecular weight is 232 g/mol. The molecule has 0 aromatic heterocycles. The van der Waals surface area contributed by atoms with Gasteiger partial charge in [-0.1, -0.05) is 12.1 Å². The number of carboxylic acids is 1. The highest BCUT2D eigenvalue weighted by Crippen LogP contribution is 2.30. The van der Waals surface area contributed by atoms with E-state index in [4.69, 9.17) is 10.2 Å². The van der Waals surface area contributed by atoms with E-state index in [0.717, 1.165) is 12.1 Å². The monoisotopic (exact) mass is 232 g/mol. The summed E-state index contributed by atoms with van der Waals surface area (Å²) < 4.78 is 36.9. The largest absolute Gasteiger partial charge is 0.515 e. The quantitative estimate of drug-likeness (QED) is 0.608. The standard InChI is InChI=1S/C10H7F3O3/c11-10(12,13)7-3-1-2-6(4-7)8(5-14)9(15)16/h1-5,14H,(H,15,16). The van der Waals surface area contributed by atoms with Gasteiger partial charge >= 0.3 is 12.1 Å². The molecule has 0 aliphatic rings. The predicted octanol–water partition coefficient (Wildman–Crippen LogP) is 2.69. The van der Waals surface area contributed by atoms with Crippen LogP contribution in [-0.2, 0) is 11.0 Å². The molecule has 1 aromatic carbocycles. The first-order valence-corrected chi connectivity index (χ1v) is 4.11. The zero-order valence-electron chi connectivity index (χ0n) is 7.82. The smallest absolute Gasteiger partial charge is 0.416 e. The van der Waals surface area contributed by atoms with Crippen LogP contribution in [0.5, 0.6) is 0 Å². The Morgan fingerprint density at radius 3 is 2.38 bits per heavy atom. The normalized spacial score (nSPS) is 12.6. The van der Waals surface area contributed by atoms with Crippen molar-refractivity contribution in [3.8, 4) is 0 Å². The molecule has 16 heavy (non-hydrogen) atoms. The fraction of sp³-hybridized carbons (Fsp3) is 0.100. The van der Waals surface area contributed by atoms with Crippen LogP contribution in [0.15, 0.2) is 30.5 Å². The number of aliphatic hydroxyl groups is 1. The van der Waals surface area contributed by atoms with Gasteiger partial charge in [-0.05, 0) is 17.7 Å². The number of carboxylic acid groups (broad SMARTS) is 1. The minimum absolute atomic E-state index is 0.204. The molecule has 0 aliphatic heterocycles. The van der Waals surface area contributed by atoms with Crippen LogP contribution in [0.1, 0.15) is 11.1 Å². The lowest BCUT2D eigenvalue weighted by Gasteiger charge is -2.08. The minimum atomic E-state index is -4.55. The lowest BCUT2D eigenvalue weighted by molar-refractivity contribution is -0.137. The van der Waals surface area contributed by atoms with Gasteiger partial charge in [-0.25, -0.2) is 4.79 Å². The van der Waals surface area contributed by atoms with E-state index >= 15 is 0 Å². The van der Waals surface area contributed by atoms with Gasteiger partial charge in [0.05, 0.1) is 11.8 Å². The van der Waals surface area contributed by atoms with Crippen LogP contribution in [-0.4, -0.2) is 16.2 Å². The van der Waals surface area contributed by atoms with Crippen LogP contribution >= 0.6 is 0 Å². The topological polar surface area (TPSA) is 57.5 Å². The SMILES string of the molecule is O=C(O)C(=CO)c1cccc(C(F)(F)F)c1. The van der Waals surface area contributed by atoms with Crippen molar-refractivity contribution in [2.24, 2.45) is 0 Å². The van der Waals surface area contributed by atoms with Crippen LogP contribution in [0.3, 0.4) is 0 Å². The van der Waals surface area contributed by atoms with Gasteiger partial charge in [0.2, 0.25) is 0 Å². The number of carbonyl (C=O) groups is 1. The van der Waals surface area contributed by atoms with E-state index in [9.17, 15) is 18.0 Å². The summed E-state index contributed by atoms with van der Waals surface area (Å²) in [6, 6.07) is 3.73. The average Bonchev–Trinajstić information content (AvgIpc) is 2.17. The molecule has 86 valence electrons. The summed E-state index contributed by atoms with van der Waals surface area (Å²) in [7, 11) is 0. The number of hydrogen-bond acceptors (Lipinski definition) is 2. The lowest BCUT2D eigenvalue weighted by Crippen LogP contribution is -2.06. The molecule has 0 fully saturated rings. The van der Waals surface area contributed by atoms with E-state index in [2.05, 4.69) is 0 Å². The highest BCUT2D eigenvalue weighted by molar-refractivity contribution is 6.14. The van der Waals surface area contributed by atoms with Crippen molar-refractivity contribution in [3.05, 3.63) is 41.7 Å². The number of benzene rings is 1. The van der Waals surface area contributed by atoms with Crippen LogP contribution in [0, 0.1) is 0 Å². The van der Waals surface area contributed by atoms with E-state index in [0.29, 0.717) is 6.07 Å². The number of halogens is 3. The van der Waals surface area contributed by atoms with Gasteiger partial charge in [0, 0.05) is 0 Å². The summed E-state index contributed by atoms with van der Waals surface area (Å²) in [4.78, 5) is 10.6. The maximum Gasteiger partial charge on any atom is 0.416 e. The van der Waals surface area contributed by atoms with Crippen LogP contribution in [0.25, 0.3) is 5.57 Å². The maximum atomic E-state index is 12.3. The molecule has 0 aliphatic carbocycles. The van der Waals surface area contributed by atoms with Crippen LogP contribution in [0.4, 0.5) is 13.2 Å². The Balaban J connectivity index is 3.23. The molecule has 0 saturated carbocycles. The van der Waals surface area contributed by atoms with Crippen molar-refractivity contribution < 1.29 is 28.2 Å². The molecule has 6 heteroatoms. The fourth-order valence-electron chi connectivity index (χ4n) is 1.12. The summed E-state index contributed by atoms with van der Waals surface area (Å²) in [5, 5.41) is 17.2. The second kappa shape index (κ2) is 4.26. The van der Waals surface area contributed by atoms with Gasteiger partial charge in [-0.2, -0.15) is 13.2 Å².